The number of nitriles is 1. The number of nitrogens with zero attached hydrogens (tertiary/aromatic N) is 2. The lowest BCUT2D eigenvalue weighted by atomic mass is 9.73. The van der Waals surface area contributed by atoms with Crippen LogP contribution in [0, 0.1) is 23.2 Å². The first-order valence-electron chi connectivity index (χ1n) is 8.93. The van der Waals surface area contributed by atoms with Gasteiger partial charge in [-0.2, -0.15) is 5.26 Å². The molecule has 1 fully saturated rings. The van der Waals surface area contributed by atoms with Gasteiger partial charge in [0.15, 0.2) is 0 Å². The Labute approximate surface area is 148 Å². The van der Waals surface area contributed by atoms with E-state index in [1.165, 1.54) is 29.1 Å². The minimum Gasteiger partial charge on any atom is -0.497 e. The van der Waals surface area contributed by atoms with E-state index in [0.717, 1.165) is 35.9 Å². The van der Waals surface area contributed by atoms with E-state index in [9.17, 15) is 5.26 Å². The Morgan fingerprint density at radius 2 is 1.96 bits per heavy atom. The van der Waals surface area contributed by atoms with Gasteiger partial charge in [-0.25, -0.2) is 0 Å². The number of allylic oxidation sites excluding steroid dienone is 2. The average Bonchev–Trinajstić information content (AvgIpc) is 2.67. The minimum atomic E-state index is -0.258. The van der Waals surface area contributed by atoms with Crippen LogP contribution < -0.4 is 14.4 Å². The third-order valence-electron chi connectivity index (χ3n) is 5.93. The van der Waals surface area contributed by atoms with Crippen LogP contribution in [0.25, 0.3) is 0 Å². The first kappa shape index (κ1) is 16.2. The quantitative estimate of drug-likeness (QED) is 0.916. The maximum Gasteiger partial charge on any atom is 0.139 e. The van der Waals surface area contributed by atoms with E-state index in [1.54, 1.807) is 14.2 Å². The van der Waals surface area contributed by atoms with Gasteiger partial charge in [-0.05, 0) is 25.1 Å². The van der Waals surface area contributed by atoms with Gasteiger partial charge in [0.25, 0.3) is 0 Å². The van der Waals surface area contributed by atoms with Crippen molar-refractivity contribution < 1.29 is 14.4 Å². The number of rotatable bonds is 3. The van der Waals surface area contributed by atoms with Crippen molar-refractivity contribution in [2.75, 3.05) is 27.3 Å². The molecule has 5 nitrogen and oxygen atoms in total. The molecule has 1 aromatic carbocycles. The fourth-order valence-corrected chi connectivity index (χ4v) is 4.69. The molecular weight excluding hydrogens is 314 g/mol. The molecule has 5 heteroatoms. The third-order valence-corrected chi connectivity index (χ3v) is 5.93. The van der Waals surface area contributed by atoms with Crippen LogP contribution in [0.3, 0.4) is 0 Å². The molecule has 1 aromatic rings. The molecule has 0 saturated carbocycles. The molecule has 0 radical (unpaired) electrons. The molecule has 130 valence electrons. The summed E-state index contributed by atoms with van der Waals surface area (Å²) in [6.07, 6.45) is 2.40. The standard InChI is InChI=1S/C20H23N3O2/c1-12-16(11-21)18(15-10-14(24-2)4-5-17(15)25-3)20-19(22-12)13-6-8-23(20)9-7-13/h4-5,10,13,16,18H,6-9H2,1-3H3/p+1/t16?,18-/m1/s1. The summed E-state index contributed by atoms with van der Waals surface area (Å²) in [6, 6.07) is 8.38. The lowest BCUT2D eigenvalue weighted by molar-refractivity contribution is -0.875. The summed E-state index contributed by atoms with van der Waals surface area (Å²) in [7, 11) is 3.36. The number of ether oxygens (including phenoxy) is 2. The van der Waals surface area contributed by atoms with E-state index in [-0.39, 0.29) is 11.8 Å². The second kappa shape index (κ2) is 6.20. The highest BCUT2D eigenvalue weighted by molar-refractivity contribution is 5.90. The fourth-order valence-electron chi connectivity index (χ4n) is 4.69. The van der Waals surface area contributed by atoms with E-state index < -0.39 is 0 Å². The minimum absolute atomic E-state index is 0.0133. The van der Waals surface area contributed by atoms with Crippen LogP contribution in [0.1, 0.15) is 31.2 Å². The highest BCUT2D eigenvalue weighted by atomic mass is 16.5. The highest BCUT2D eigenvalue weighted by Gasteiger charge is 2.48. The van der Waals surface area contributed by atoms with Crippen LogP contribution in [0.15, 0.2) is 34.6 Å². The van der Waals surface area contributed by atoms with E-state index in [0.29, 0.717) is 5.92 Å². The molecular formula is C20H24N3O2+. The van der Waals surface area contributed by atoms with Crippen LogP contribution in [-0.4, -0.2) is 33.0 Å². The number of fused-ring (bicyclic) bond motifs is 2. The number of benzene rings is 1. The summed E-state index contributed by atoms with van der Waals surface area (Å²) >= 11 is 0. The van der Waals surface area contributed by atoms with Gasteiger partial charge < -0.3 is 14.4 Å². The second-order valence-corrected chi connectivity index (χ2v) is 7.12. The van der Waals surface area contributed by atoms with Gasteiger partial charge in [0.2, 0.25) is 0 Å². The molecule has 0 spiro atoms. The van der Waals surface area contributed by atoms with Gasteiger partial charge in [0.1, 0.15) is 28.8 Å². The Morgan fingerprint density at radius 3 is 2.60 bits per heavy atom. The van der Waals surface area contributed by atoms with Crippen LogP contribution in [0.2, 0.25) is 0 Å². The van der Waals surface area contributed by atoms with Gasteiger partial charge in [-0.3, -0.25) is 4.99 Å². The van der Waals surface area contributed by atoms with E-state index in [2.05, 4.69) is 6.07 Å². The molecule has 0 amide bonds. The maximum absolute atomic E-state index is 9.91. The predicted octanol–water partition coefficient (Wildman–Crippen LogP) is 1.92. The largest absolute Gasteiger partial charge is 0.497 e. The average molecular weight is 338 g/mol. The predicted molar refractivity (Wildman–Crippen MR) is 94.9 cm³/mol. The lowest BCUT2D eigenvalue weighted by Crippen LogP contribution is -3.13. The summed E-state index contributed by atoms with van der Waals surface area (Å²) in [5.74, 6) is 1.88. The molecule has 4 aliphatic rings. The number of methoxy groups -OCH3 is 2. The SMILES string of the molecule is COc1ccc(OC)c([C@H]2C3=C(N=C(C)C2C#N)C2CC[NH+]3CC2)c1. The van der Waals surface area contributed by atoms with Crippen molar-refractivity contribution in [3.8, 4) is 17.6 Å². The Morgan fingerprint density at radius 1 is 1.20 bits per heavy atom. The smallest absolute Gasteiger partial charge is 0.139 e. The molecule has 2 bridgehead atoms. The Bertz CT molecular complexity index is 798. The van der Waals surface area contributed by atoms with Gasteiger partial charge in [0, 0.05) is 30.0 Å². The van der Waals surface area contributed by atoms with E-state index in [1.807, 2.05) is 25.1 Å². The summed E-state index contributed by atoms with van der Waals surface area (Å²) in [6.45, 7) is 4.27. The fraction of sp³-hybridized carbons (Fsp3) is 0.500. The molecule has 0 aliphatic carbocycles. The lowest BCUT2D eigenvalue weighted by Gasteiger charge is -2.43. The summed E-state index contributed by atoms with van der Waals surface area (Å²) in [5.41, 5.74) is 4.50. The number of piperidine rings is 1. The Kier molecular flexibility index (Phi) is 4.01. The Balaban J connectivity index is 1.93. The number of hydrogen-bond acceptors (Lipinski definition) is 4. The molecule has 4 heterocycles. The molecule has 1 saturated heterocycles. The zero-order valence-corrected chi connectivity index (χ0v) is 15.0. The molecule has 0 aromatic heterocycles. The van der Waals surface area contributed by atoms with Crippen LogP contribution in [-0.2, 0) is 0 Å². The van der Waals surface area contributed by atoms with Crippen LogP contribution >= 0.6 is 0 Å². The molecule has 2 atom stereocenters. The molecule has 25 heavy (non-hydrogen) atoms. The number of nitrogens with one attached hydrogen (secondary N) is 1. The number of hydrogen-bond donors (Lipinski definition) is 1. The number of quaternary nitrogens is 1. The van der Waals surface area contributed by atoms with Gasteiger partial charge in [-0.15, -0.1) is 0 Å². The van der Waals surface area contributed by atoms with E-state index in [4.69, 9.17) is 14.5 Å². The van der Waals surface area contributed by atoms with Gasteiger partial charge in [-0.1, -0.05) is 0 Å². The molecule has 1 unspecified atom stereocenters. The van der Waals surface area contributed by atoms with Crippen molar-refractivity contribution in [3.63, 3.8) is 0 Å². The summed E-state index contributed by atoms with van der Waals surface area (Å²) < 4.78 is 11.1. The van der Waals surface area contributed by atoms with E-state index >= 15 is 0 Å². The molecule has 4 aliphatic heterocycles. The Hall–Kier alpha value is -2.32. The number of aliphatic imine (C=N–C) groups is 1. The topological polar surface area (TPSA) is 59.0 Å². The van der Waals surface area contributed by atoms with Gasteiger partial charge >= 0.3 is 0 Å². The molecule has 1 N–H and O–H groups in total. The summed E-state index contributed by atoms with van der Waals surface area (Å²) in [4.78, 5) is 6.38. The van der Waals surface area contributed by atoms with Crippen molar-refractivity contribution >= 4 is 5.71 Å². The monoisotopic (exact) mass is 338 g/mol. The normalized spacial score (nSPS) is 30.4. The highest BCUT2D eigenvalue weighted by Crippen LogP contribution is 2.45. The molecule has 5 rings (SSSR count). The van der Waals surface area contributed by atoms with Crippen molar-refractivity contribution in [2.45, 2.75) is 25.7 Å². The van der Waals surface area contributed by atoms with Crippen molar-refractivity contribution in [1.29, 1.82) is 5.26 Å². The first-order chi connectivity index (χ1) is 12.2. The van der Waals surface area contributed by atoms with Crippen molar-refractivity contribution in [2.24, 2.45) is 16.8 Å². The third kappa shape index (κ3) is 2.44. The van der Waals surface area contributed by atoms with Crippen molar-refractivity contribution in [1.82, 2.24) is 0 Å². The van der Waals surface area contributed by atoms with Crippen LogP contribution in [0.5, 0.6) is 11.5 Å². The van der Waals surface area contributed by atoms with Gasteiger partial charge in [0.05, 0.1) is 39.3 Å². The van der Waals surface area contributed by atoms with Crippen LogP contribution in [0.4, 0.5) is 0 Å². The zero-order valence-electron chi connectivity index (χ0n) is 15.0. The van der Waals surface area contributed by atoms with Crippen molar-refractivity contribution in [3.05, 3.63) is 35.2 Å². The maximum atomic E-state index is 9.91. The zero-order chi connectivity index (χ0) is 17.6. The second-order valence-electron chi connectivity index (χ2n) is 7.12. The summed E-state index contributed by atoms with van der Waals surface area (Å²) in [5, 5.41) is 9.91. The first-order valence-corrected chi connectivity index (χ1v) is 8.93.